The van der Waals surface area contributed by atoms with E-state index in [-0.39, 0.29) is 5.91 Å². The summed E-state index contributed by atoms with van der Waals surface area (Å²) >= 11 is 0. The molecule has 3 N–H and O–H groups in total. The van der Waals surface area contributed by atoms with Crippen LogP contribution in [0.1, 0.15) is 20.7 Å². The zero-order valence-corrected chi connectivity index (χ0v) is 13.6. The van der Waals surface area contributed by atoms with Crippen LogP contribution in [0.2, 0.25) is 0 Å². The Labute approximate surface area is 148 Å². The number of rotatable bonds is 5. The molecule has 130 valence electrons. The number of carbonyl (C=O) groups excluding carboxylic acids is 2. The molecule has 0 aliphatic carbocycles. The van der Waals surface area contributed by atoms with Crippen LogP contribution in [0, 0.1) is 0 Å². The van der Waals surface area contributed by atoms with Gasteiger partial charge in [-0.2, -0.15) is 0 Å². The van der Waals surface area contributed by atoms with Crippen molar-refractivity contribution in [1.29, 1.82) is 0 Å². The summed E-state index contributed by atoms with van der Waals surface area (Å²) < 4.78 is 0. The van der Waals surface area contributed by atoms with Crippen molar-refractivity contribution >= 4 is 34.4 Å². The first-order valence-electron chi connectivity index (χ1n) is 7.79. The highest BCUT2D eigenvalue weighted by Gasteiger charge is 2.10. The molecule has 26 heavy (non-hydrogen) atoms. The highest BCUT2D eigenvalue weighted by Crippen LogP contribution is 2.15. The summed E-state index contributed by atoms with van der Waals surface area (Å²) in [6, 6.07) is 15.4. The Kier molecular flexibility index (Phi) is 4.89. The molecule has 1 aromatic heterocycles. The van der Waals surface area contributed by atoms with Crippen molar-refractivity contribution in [2.45, 2.75) is 0 Å². The standard InChI is InChI=1S/C19H15N3O4/c23-17(24)11-21-18(25)12-5-7-15(8-6-12)22-19(26)14-9-13-3-1-2-4-16(13)20-10-14/h1-10H,11H2,(H,21,25)(H,22,26)(H,23,24). The van der Waals surface area contributed by atoms with Crippen LogP contribution < -0.4 is 10.6 Å². The topological polar surface area (TPSA) is 108 Å². The molecule has 0 spiro atoms. The number of aromatic nitrogens is 1. The van der Waals surface area contributed by atoms with Gasteiger partial charge in [0.2, 0.25) is 0 Å². The second-order valence-corrected chi connectivity index (χ2v) is 5.52. The van der Waals surface area contributed by atoms with Gasteiger partial charge in [0.15, 0.2) is 0 Å². The third kappa shape index (κ3) is 4.02. The minimum absolute atomic E-state index is 0.302. The predicted molar refractivity (Wildman–Crippen MR) is 96.1 cm³/mol. The van der Waals surface area contributed by atoms with Gasteiger partial charge in [-0.1, -0.05) is 18.2 Å². The number of carbonyl (C=O) groups is 3. The van der Waals surface area contributed by atoms with Crippen molar-refractivity contribution in [3.8, 4) is 0 Å². The molecule has 0 radical (unpaired) electrons. The number of aliphatic carboxylic acids is 1. The molecule has 3 rings (SSSR count). The molecule has 7 nitrogen and oxygen atoms in total. The minimum atomic E-state index is -1.12. The molecule has 0 saturated carbocycles. The van der Waals surface area contributed by atoms with Crippen molar-refractivity contribution < 1.29 is 19.5 Å². The maximum Gasteiger partial charge on any atom is 0.322 e. The fourth-order valence-electron chi connectivity index (χ4n) is 2.36. The van der Waals surface area contributed by atoms with Gasteiger partial charge in [-0.05, 0) is 36.4 Å². The first-order chi connectivity index (χ1) is 12.5. The monoisotopic (exact) mass is 349 g/mol. The van der Waals surface area contributed by atoms with Gasteiger partial charge in [0.05, 0.1) is 11.1 Å². The van der Waals surface area contributed by atoms with Crippen LogP contribution in [0.25, 0.3) is 10.9 Å². The molecule has 3 aromatic rings. The molecule has 0 fully saturated rings. The molecule has 0 saturated heterocycles. The lowest BCUT2D eigenvalue weighted by Gasteiger charge is -2.07. The van der Waals surface area contributed by atoms with E-state index in [9.17, 15) is 14.4 Å². The fraction of sp³-hybridized carbons (Fsp3) is 0.0526. The van der Waals surface area contributed by atoms with Gasteiger partial charge >= 0.3 is 5.97 Å². The molecule has 2 amide bonds. The highest BCUT2D eigenvalue weighted by molar-refractivity contribution is 6.06. The average Bonchev–Trinajstić information content (AvgIpc) is 2.66. The summed E-state index contributed by atoms with van der Waals surface area (Å²) in [6.07, 6.45) is 1.51. The average molecular weight is 349 g/mol. The number of amides is 2. The maximum atomic E-state index is 12.4. The number of carboxylic acids is 1. The number of para-hydroxylation sites is 1. The minimum Gasteiger partial charge on any atom is -0.480 e. The van der Waals surface area contributed by atoms with E-state index in [1.54, 1.807) is 18.2 Å². The van der Waals surface area contributed by atoms with Crippen molar-refractivity contribution in [3.05, 3.63) is 71.9 Å². The lowest BCUT2D eigenvalue weighted by Crippen LogP contribution is -2.29. The molecule has 1 heterocycles. The molecular formula is C19H15N3O4. The van der Waals surface area contributed by atoms with Crippen LogP contribution in [0.5, 0.6) is 0 Å². The number of benzene rings is 2. The molecular weight excluding hydrogens is 334 g/mol. The van der Waals surface area contributed by atoms with E-state index in [1.165, 1.54) is 18.3 Å². The van der Waals surface area contributed by atoms with Crippen LogP contribution in [-0.4, -0.2) is 34.4 Å². The number of carboxylic acid groups (broad SMARTS) is 1. The van der Waals surface area contributed by atoms with Crippen LogP contribution in [0.4, 0.5) is 5.69 Å². The number of fused-ring (bicyclic) bond motifs is 1. The first-order valence-corrected chi connectivity index (χ1v) is 7.79. The number of nitrogens with zero attached hydrogens (tertiary/aromatic N) is 1. The lowest BCUT2D eigenvalue weighted by atomic mass is 10.1. The van der Waals surface area contributed by atoms with Crippen LogP contribution in [0.15, 0.2) is 60.8 Å². The predicted octanol–water partition coefficient (Wildman–Crippen LogP) is 2.30. The Balaban J connectivity index is 1.68. The van der Waals surface area contributed by atoms with E-state index in [2.05, 4.69) is 15.6 Å². The third-order valence-corrected chi connectivity index (χ3v) is 3.66. The van der Waals surface area contributed by atoms with Crippen LogP contribution in [0.3, 0.4) is 0 Å². The quantitative estimate of drug-likeness (QED) is 0.655. The van der Waals surface area contributed by atoms with Crippen molar-refractivity contribution in [1.82, 2.24) is 10.3 Å². The Morgan fingerprint density at radius 3 is 2.38 bits per heavy atom. The zero-order valence-electron chi connectivity index (χ0n) is 13.6. The smallest absolute Gasteiger partial charge is 0.322 e. The third-order valence-electron chi connectivity index (χ3n) is 3.66. The fourth-order valence-corrected chi connectivity index (χ4v) is 2.36. The number of anilines is 1. The normalized spacial score (nSPS) is 10.3. The summed E-state index contributed by atoms with van der Waals surface area (Å²) in [5, 5.41) is 14.4. The summed E-state index contributed by atoms with van der Waals surface area (Å²) in [5.41, 5.74) is 2.04. The number of nitrogens with one attached hydrogen (secondary N) is 2. The molecule has 2 aromatic carbocycles. The van der Waals surface area contributed by atoms with Gasteiger partial charge in [0.1, 0.15) is 6.54 Å². The summed E-state index contributed by atoms with van der Waals surface area (Å²) in [7, 11) is 0. The molecule has 7 heteroatoms. The van der Waals surface area contributed by atoms with E-state index in [0.717, 1.165) is 10.9 Å². The highest BCUT2D eigenvalue weighted by atomic mass is 16.4. The van der Waals surface area contributed by atoms with Crippen molar-refractivity contribution in [2.24, 2.45) is 0 Å². The number of hydrogen-bond acceptors (Lipinski definition) is 4. The molecule has 0 bridgehead atoms. The van der Waals surface area contributed by atoms with Gasteiger partial charge in [0, 0.05) is 22.8 Å². The van der Waals surface area contributed by atoms with Gasteiger partial charge in [0.25, 0.3) is 11.8 Å². The number of pyridine rings is 1. The summed E-state index contributed by atoms with van der Waals surface area (Å²) in [4.78, 5) is 38.8. The molecule has 0 aliphatic heterocycles. The van der Waals surface area contributed by atoms with Gasteiger partial charge in [-0.15, -0.1) is 0 Å². The second kappa shape index (κ2) is 7.43. The van der Waals surface area contributed by atoms with E-state index < -0.39 is 18.4 Å². The maximum absolute atomic E-state index is 12.4. The van der Waals surface area contributed by atoms with E-state index in [1.807, 2.05) is 24.3 Å². The Morgan fingerprint density at radius 2 is 1.65 bits per heavy atom. The second-order valence-electron chi connectivity index (χ2n) is 5.52. The summed E-state index contributed by atoms with van der Waals surface area (Å²) in [6.45, 7) is -0.452. The van der Waals surface area contributed by atoms with E-state index in [0.29, 0.717) is 16.8 Å². The van der Waals surface area contributed by atoms with E-state index in [4.69, 9.17) is 5.11 Å². The molecule has 0 unspecified atom stereocenters. The largest absolute Gasteiger partial charge is 0.480 e. The van der Waals surface area contributed by atoms with Crippen LogP contribution in [-0.2, 0) is 4.79 Å². The Bertz CT molecular complexity index is 984. The zero-order chi connectivity index (χ0) is 18.5. The lowest BCUT2D eigenvalue weighted by molar-refractivity contribution is -0.135. The van der Waals surface area contributed by atoms with Crippen molar-refractivity contribution in [3.63, 3.8) is 0 Å². The summed E-state index contributed by atoms with van der Waals surface area (Å²) in [5.74, 6) is -1.93. The Hall–Kier alpha value is -3.74. The van der Waals surface area contributed by atoms with Gasteiger partial charge < -0.3 is 15.7 Å². The molecule has 0 aliphatic rings. The first kappa shape index (κ1) is 17.1. The van der Waals surface area contributed by atoms with Gasteiger partial charge in [-0.25, -0.2) is 0 Å². The van der Waals surface area contributed by atoms with Crippen LogP contribution >= 0.6 is 0 Å². The van der Waals surface area contributed by atoms with Gasteiger partial charge in [-0.3, -0.25) is 19.4 Å². The van der Waals surface area contributed by atoms with E-state index >= 15 is 0 Å². The Morgan fingerprint density at radius 1 is 0.923 bits per heavy atom. The SMILES string of the molecule is O=C(O)CNC(=O)c1ccc(NC(=O)c2cnc3ccccc3c2)cc1. The number of hydrogen-bond donors (Lipinski definition) is 3. The molecule has 0 atom stereocenters. The van der Waals surface area contributed by atoms with Crippen molar-refractivity contribution in [2.75, 3.05) is 11.9 Å².